The molecule has 0 aliphatic heterocycles. The summed E-state index contributed by atoms with van der Waals surface area (Å²) >= 11 is 3.27. The molecule has 1 heterocycles. The van der Waals surface area contributed by atoms with Gasteiger partial charge in [-0.05, 0) is 34.1 Å². The zero-order valence-electron chi connectivity index (χ0n) is 8.84. The van der Waals surface area contributed by atoms with Gasteiger partial charge in [-0.2, -0.15) is 0 Å². The first-order valence-corrected chi connectivity index (χ1v) is 5.57. The van der Waals surface area contributed by atoms with Crippen molar-refractivity contribution in [2.75, 3.05) is 12.4 Å². The van der Waals surface area contributed by atoms with Crippen LogP contribution in [0.1, 0.15) is 0 Å². The van der Waals surface area contributed by atoms with Crippen LogP contribution in [-0.4, -0.2) is 17.0 Å². The highest BCUT2D eigenvalue weighted by Gasteiger charge is 2.08. The minimum absolute atomic E-state index is 0.330. The van der Waals surface area contributed by atoms with E-state index in [-0.39, 0.29) is 0 Å². The highest BCUT2D eigenvalue weighted by atomic mass is 79.9. The summed E-state index contributed by atoms with van der Waals surface area (Å²) < 4.78 is 26.6. The first-order valence-electron chi connectivity index (χ1n) is 4.77. The van der Waals surface area contributed by atoms with Gasteiger partial charge in [-0.25, -0.2) is 18.7 Å². The lowest BCUT2D eigenvalue weighted by Crippen LogP contribution is -1.98. The lowest BCUT2D eigenvalue weighted by molar-refractivity contribution is 0.509. The van der Waals surface area contributed by atoms with Crippen LogP contribution in [0.5, 0.6) is 0 Å². The molecule has 0 aliphatic carbocycles. The van der Waals surface area contributed by atoms with Gasteiger partial charge < -0.3 is 5.32 Å². The van der Waals surface area contributed by atoms with Crippen LogP contribution < -0.4 is 5.32 Å². The summed E-state index contributed by atoms with van der Waals surface area (Å²) in [4.78, 5) is 8.21. The van der Waals surface area contributed by atoms with E-state index in [2.05, 4.69) is 31.2 Å². The number of rotatable bonds is 2. The van der Waals surface area contributed by atoms with Crippen molar-refractivity contribution >= 4 is 21.7 Å². The Morgan fingerprint density at radius 2 is 2.00 bits per heavy atom. The third kappa shape index (κ3) is 2.41. The zero-order chi connectivity index (χ0) is 12.4. The Kier molecular flexibility index (Phi) is 3.33. The lowest BCUT2D eigenvalue weighted by Gasteiger charge is -2.05. The van der Waals surface area contributed by atoms with Gasteiger partial charge in [0.2, 0.25) is 0 Å². The summed E-state index contributed by atoms with van der Waals surface area (Å²) in [6, 6.07) is 3.55. The minimum Gasteiger partial charge on any atom is -0.372 e. The standard InChI is InChI=1S/C11H8BrF2N3/c1-15-11-7(12)5-16-10(17-11)6-2-3-8(13)9(14)4-6/h2-5H,1H3,(H,15,16,17). The van der Waals surface area contributed by atoms with Gasteiger partial charge in [-0.3, -0.25) is 0 Å². The van der Waals surface area contributed by atoms with Gasteiger partial charge in [0.1, 0.15) is 5.82 Å². The Morgan fingerprint density at radius 1 is 1.24 bits per heavy atom. The van der Waals surface area contributed by atoms with Crippen molar-refractivity contribution in [1.82, 2.24) is 9.97 Å². The smallest absolute Gasteiger partial charge is 0.161 e. The fourth-order valence-corrected chi connectivity index (χ4v) is 1.71. The van der Waals surface area contributed by atoms with Crippen LogP contribution in [0, 0.1) is 11.6 Å². The average Bonchev–Trinajstić information content (AvgIpc) is 2.33. The van der Waals surface area contributed by atoms with Gasteiger partial charge >= 0.3 is 0 Å². The molecule has 6 heteroatoms. The Hall–Kier alpha value is -1.56. The van der Waals surface area contributed by atoms with E-state index in [1.54, 1.807) is 13.2 Å². The maximum Gasteiger partial charge on any atom is 0.161 e. The number of halogens is 3. The first kappa shape index (κ1) is 11.9. The van der Waals surface area contributed by atoms with E-state index in [1.165, 1.54) is 6.07 Å². The molecule has 2 aromatic rings. The van der Waals surface area contributed by atoms with E-state index >= 15 is 0 Å². The second-order valence-electron chi connectivity index (χ2n) is 3.27. The summed E-state index contributed by atoms with van der Waals surface area (Å²) in [7, 11) is 1.71. The maximum absolute atomic E-state index is 13.1. The third-order valence-electron chi connectivity index (χ3n) is 2.16. The van der Waals surface area contributed by atoms with Crippen LogP contribution in [0.15, 0.2) is 28.9 Å². The highest BCUT2D eigenvalue weighted by molar-refractivity contribution is 9.10. The molecule has 1 aromatic carbocycles. The number of aromatic nitrogens is 2. The molecular weight excluding hydrogens is 292 g/mol. The molecule has 1 aromatic heterocycles. The van der Waals surface area contributed by atoms with Gasteiger partial charge in [0.05, 0.1) is 4.47 Å². The van der Waals surface area contributed by atoms with Crippen LogP contribution in [0.25, 0.3) is 11.4 Å². The van der Waals surface area contributed by atoms with Crippen molar-refractivity contribution in [2.24, 2.45) is 0 Å². The van der Waals surface area contributed by atoms with Gasteiger partial charge in [-0.1, -0.05) is 0 Å². The molecular formula is C11H8BrF2N3. The summed E-state index contributed by atoms with van der Waals surface area (Å²) in [6.07, 6.45) is 1.55. The van der Waals surface area contributed by atoms with Gasteiger partial charge in [0.15, 0.2) is 17.5 Å². The monoisotopic (exact) mass is 299 g/mol. The molecule has 0 bridgehead atoms. The highest BCUT2D eigenvalue weighted by Crippen LogP contribution is 2.23. The SMILES string of the molecule is CNc1nc(-c2ccc(F)c(F)c2)ncc1Br. The molecule has 0 spiro atoms. The van der Waals surface area contributed by atoms with E-state index in [0.717, 1.165) is 12.1 Å². The van der Waals surface area contributed by atoms with Gasteiger partial charge in [0.25, 0.3) is 0 Å². The molecule has 1 N–H and O–H groups in total. The van der Waals surface area contributed by atoms with E-state index in [1.807, 2.05) is 0 Å². The first-order chi connectivity index (χ1) is 8.11. The number of hydrogen-bond acceptors (Lipinski definition) is 3. The fraction of sp³-hybridized carbons (Fsp3) is 0.0909. The molecule has 88 valence electrons. The second kappa shape index (κ2) is 4.75. The normalized spacial score (nSPS) is 10.4. The predicted octanol–water partition coefficient (Wildman–Crippen LogP) is 3.23. The molecule has 0 saturated heterocycles. The molecule has 2 rings (SSSR count). The van der Waals surface area contributed by atoms with Crippen LogP contribution in [0.2, 0.25) is 0 Å². The van der Waals surface area contributed by atoms with E-state index in [4.69, 9.17) is 0 Å². The average molecular weight is 300 g/mol. The number of benzene rings is 1. The van der Waals surface area contributed by atoms with Crippen molar-refractivity contribution in [3.8, 4) is 11.4 Å². The van der Waals surface area contributed by atoms with Crippen LogP contribution in [0.3, 0.4) is 0 Å². The largest absolute Gasteiger partial charge is 0.372 e. The third-order valence-corrected chi connectivity index (χ3v) is 2.74. The van der Waals surface area contributed by atoms with E-state index < -0.39 is 11.6 Å². The van der Waals surface area contributed by atoms with Crippen molar-refractivity contribution in [2.45, 2.75) is 0 Å². The number of anilines is 1. The Balaban J connectivity index is 2.49. The molecule has 0 unspecified atom stereocenters. The predicted molar refractivity (Wildman–Crippen MR) is 64.6 cm³/mol. The quantitative estimate of drug-likeness (QED) is 0.925. The molecule has 0 radical (unpaired) electrons. The Labute approximate surface area is 105 Å². The van der Waals surface area contributed by atoms with Crippen molar-refractivity contribution in [1.29, 1.82) is 0 Å². The summed E-state index contributed by atoms with van der Waals surface area (Å²) in [5.41, 5.74) is 0.424. The summed E-state index contributed by atoms with van der Waals surface area (Å²) in [5.74, 6) is -0.893. The maximum atomic E-state index is 13.1. The molecule has 3 nitrogen and oxygen atoms in total. The zero-order valence-corrected chi connectivity index (χ0v) is 10.4. The van der Waals surface area contributed by atoms with Gasteiger partial charge in [0, 0.05) is 18.8 Å². The number of nitrogens with zero attached hydrogens (tertiary/aromatic N) is 2. The second-order valence-corrected chi connectivity index (χ2v) is 4.12. The molecule has 0 atom stereocenters. The lowest BCUT2D eigenvalue weighted by atomic mass is 10.2. The van der Waals surface area contributed by atoms with Crippen molar-refractivity contribution in [3.63, 3.8) is 0 Å². The molecule has 0 aliphatic rings. The van der Waals surface area contributed by atoms with Gasteiger partial charge in [-0.15, -0.1) is 0 Å². The molecule has 17 heavy (non-hydrogen) atoms. The Bertz CT molecular complexity index is 560. The molecule has 0 fully saturated rings. The van der Waals surface area contributed by atoms with Crippen molar-refractivity contribution < 1.29 is 8.78 Å². The Morgan fingerprint density at radius 3 is 2.65 bits per heavy atom. The number of nitrogens with one attached hydrogen (secondary N) is 1. The summed E-state index contributed by atoms with van der Waals surface area (Å²) in [5, 5.41) is 2.87. The van der Waals surface area contributed by atoms with Crippen LogP contribution >= 0.6 is 15.9 Å². The van der Waals surface area contributed by atoms with E-state index in [9.17, 15) is 8.78 Å². The van der Waals surface area contributed by atoms with Crippen LogP contribution in [-0.2, 0) is 0 Å². The van der Waals surface area contributed by atoms with Crippen LogP contribution in [0.4, 0.5) is 14.6 Å². The molecule has 0 amide bonds. The fourth-order valence-electron chi connectivity index (χ4n) is 1.32. The minimum atomic E-state index is -0.917. The van der Waals surface area contributed by atoms with E-state index in [0.29, 0.717) is 21.7 Å². The topological polar surface area (TPSA) is 37.8 Å². The summed E-state index contributed by atoms with van der Waals surface area (Å²) in [6.45, 7) is 0. The van der Waals surface area contributed by atoms with Crippen molar-refractivity contribution in [3.05, 3.63) is 40.5 Å². The number of hydrogen-bond donors (Lipinski definition) is 1. The molecule has 0 saturated carbocycles.